The number of rotatable bonds is 1. The Morgan fingerprint density at radius 2 is 2.33 bits per heavy atom. The van der Waals surface area contributed by atoms with Gasteiger partial charge in [-0.1, -0.05) is 5.16 Å². The summed E-state index contributed by atoms with van der Waals surface area (Å²) in [6.45, 7) is 0. The molecule has 1 rings (SSSR count). The molecule has 0 unspecified atom stereocenters. The number of nitrogens with zero attached hydrogens (tertiary/aromatic N) is 2. The maximum absolute atomic E-state index is 11.9. The summed E-state index contributed by atoms with van der Waals surface area (Å²) >= 11 is 4.47. The third-order valence-electron chi connectivity index (χ3n) is 0.604. The van der Waals surface area contributed by atoms with E-state index in [1.807, 2.05) is 0 Å². The van der Waals surface area contributed by atoms with Gasteiger partial charge in [0.25, 0.3) is 0 Å². The lowest BCUT2D eigenvalue weighted by Gasteiger charge is -1.97. The fourth-order valence-corrected chi connectivity index (χ4v) is 0.381. The van der Waals surface area contributed by atoms with Crippen LogP contribution >= 0.6 is 11.6 Å². The molecular weight excluding hydrogens is 153 g/mol. The third kappa shape index (κ3) is 1.35. The van der Waals surface area contributed by atoms with E-state index in [1.54, 1.807) is 0 Å². The van der Waals surface area contributed by atoms with Crippen molar-refractivity contribution in [3.05, 3.63) is 12.2 Å². The Hall–Kier alpha value is -0.710. The van der Waals surface area contributed by atoms with Gasteiger partial charge < -0.3 is 4.52 Å². The number of alkyl halides is 3. The minimum atomic E-state index is -3.55. The summed E-state index contributed by atoms with van der Waals surface area (Å²) in [5, 5.41) is -0.607. The van der Waals surface area contributed by atoms with Gasteiger partial charge >= 0.3 is 11.3 Å². The van der Waals surface area contributed by atoms with Gasteiger partial charge in [0.15, 0.2) is 6.33 Å². The van der Waals surface area contributed by atoms with Gasteiger partial charge in [-0.05, 0) is 11.6 Å². The second kappa shape index (κ2) is 1.91. The SMILES string of the molecule is FC(F)(Cl)c1ncno1. The van der Waals surface area contributed by atoms with Gasteiger partial charge in [0.1, 0.15) is 0 Å². The van der Waals surface area contributed by atoms with E-state index >= 15 is 0 Å². The van der Waals surface area contributed by atoms with E-state index < -0.39 is 11.3 Å². The van der Waals surface area contributed by atoms with Crippen LogP contribution in [-0.2, 0) is 5.38 Å². The topological polar surface area (TPSA) is 38.9 Å². The largest absolute Gasteiger partial charge is 0.400 e. The molecule has 0 N–H and O–H groups in total. The highest BCUT2D eigenvalue weighted by Crippen LogP contribution is 2.29. The molecule has 0 radical (unpaired) electrons. The molecule has 3 nitrogen and oxygen atoms in total. The molecule has 1 aromatic heterocycles. The van der Waals surface area contributed by atoms with Crippen molar-refractivity contribution in [3.8, 4) is 0 Å². The van der Waals surface area contributed by atoms with Crippen LogP contribution in [0.5, 0.6) is 0 Å². The first kappa shape index (κ1) is 6.41. The molecule has 1 aromatic rings. The predicted molar refractivity (Wildman–Crippen MR) is 24.0 cm³/mol. The molecule has 1 heterocycles. The van der Waals surface area contributed by atoms with Gasteiger partial charge in [0.05, 0.1) is 0 Å². The van der Waals surface area contributed by atoms with Crippen molar-refractivity contribution in [2.45, 2.75) is 5.38 Å². The van der Waals surface area contributed by atoms with E-state index in [0.717, 1.165) is 6.33 Å². The summed E-state index contributed by atoms with van der Waals surface area (Å²) in [5.41, 5.74) is 0. The van der Waals surface area contributed by atoms with Crippen molar-refractivity contribution in [1.29, 1.82) is 0 Å². The smallest absolute Gasteiger partial charge is 0.331 e. The molecule has 9 heavy (non-hydrogen) atoms. The van der Waals surface area contributed by atoms with Crippen molar-refractivity contribution < 1.29 is 13.3 Å². The quantitative estimate of drug-likeness (QED) is 0.574. The van der Waals surface area contributed by atoms with E-state index in [2.05, 4.69) is 26.3 Å². The lowest BCUT2D eigenvalue weighted by Crippen LogP contribution is -2.02. The molecule has 0 saturated heterocycles. The first-order valence-electron chi connectivity index (χ1n) is 1.94. The predicted octanol–water partition coefficient (Wildman–Crippen LogP) is 1.36. The van der Waals surface area contributed by atoms with Crippen LogP contribution in [0.4, 0.5) is 8.78 Å². The minimum absolute atomic E-state index is 0.853. The minimum Gasteiger partial charge on any atom is -0.331 e. The number of halogens is 3. The van der Waals surface area contributed by atoms with Crippen LogP contribution in [0.15, 0.2) is 10.9 Å². The molecule has 0 aliphatic heterocycles. The monoisotopic (exact) mass is 154 g/mol. The summed E-state index contributed by atoms with van der Waals surface area (Å²) in [4.78, 5) is 3.03. The maximum Gasteiger partial charge on any atom is 0.400 e. The first-order valence-corrected chi connectivity index (χ1v) is 2.32. The molecule has 0 amide bonds. The number of hydrogen-bond acceptors (Lipinski definition) is 3. The fourth-order valence-electron chi connectivity index (χ4n) is 0.298. The average molecular weight is 155 g/mol. The highest BCUT2D eigenvalue weighted by atomic mass is 35.5. The summed E-state index contributed by atoms with van der Waals surface area (Å²) in [6, 6.07) is 0. The molecule has 0 bridgehead atoms. The lowest BCUT2D eigenvalue weighted by molar-refractivity contribution is 0.0551. The molecule has 50 valence electrons. The Kier molecular flexibility index (Phi) is 1.36. The van der Waals surface area contributed by atoms with E-state index in [1.165, 1.54) is 0 Å². The van der Waals surface area contributed by atoms with Crippen molar-refractivity contribution in [2.75, 3.05) is 0 Å². The van der Waals surface area contributed by atoms with Crippen LogP contribution in [0.2, 0.25) is 0 Å². The van der Waals surface area contributed by atoms with Gasteiger partial charge in [0, 0.05) is 0 Å². The molecule has 0 atom stereocenters. The summed E-state index contributed by atoms with van der Waals surface area (Å²) in [6.07, 6.45) is 0.853. The standard InChI is InChI=1S/C3HClF2N2O/c4-3(5,6)2-7-1-8-9-2/h1H. The van der Waals surface area contributed by atoms with Gasteiger partial charge in [-0.25, -0.2) is 0 Å². The van der Waals surface area contributed by atoms with Crippen molar-refractivity contribution in [3.63, 3.8) is 0 Å². The molecule has 0 aliphatic carbocycles. The summed E-state index contributed by atoms with van der Waals surface area (Å²) in [5.74, 6) is -0.885. The lowest BCUT2D eigenvalue weighted by atomic mass is 10.7. The molecule has 0 aliphatic rings. The third-order valence-corrected chi connectivity index (χ3v) is 0.765. The molecule has 0 aromatic carbocycles. The summed E-state index contributed by atoms with van der Waals surface area (Å²) < 4.78 is 27.7. The first-order chi connectivity index (χ1) is 4.11. The van der Waals surface area contributed by atoms with Crippen molar-refractivity contribution in [2.24, 2.45) is 0 Å². The van der Waals surface area contributed by atoms with Gasteiger partial charge in [-0.15, -0.1) is 0 Å². The zero-order valence-corrected chi connectivity index (χ0v) is 4.77. The Morgan fingerprint density at radius 3 is 2.56 bits per heavy atom. The second-order valence-electron chi connectivity index (χ2n) is 1.24. The average Bonchev–Trinajstić information content (AvgIpc) is 2.08. The van der Waals surface area contributed by atoms with Gasteiger partial charge in [0.2, 0.25) is 0 Å². The highest BCUT2D eigenvalue weighted by Gasteiger charge is 2.34. The summed E-state index contributed by atoms with van der Waals surface area (Å²) in [7, 11) is 0. The highest BCUT2D eigenvalue weighted by molar-refractivity contribution is 6.21. The van der Waals surface area contributed by atoms with E-state index in [4.69, 9.17) is 0 Å². The molecule has 0 spiro atoms. The van der Waals surface area contributed by atoms with Gasteiger partial charge in [-0.3, -0.25) is 0 Å². The Labute approximate surface area is 53.6 Å². The number of hydrogen-bond donors (Lipinski definition) is 0. The zero-order valence-electron chi connectivity index (χ0n) is 4.01. The van der Waals surface area contributed by atoms with Gasteiger partial charge in [-0.2, -0.15) is 13.8 Å². The molecule has 6 heteroatoms. The molecule has 0 fully saturated rings. The van der Waals surface area contributed by atoms with Crippen molar-refractivity contribution in [1.82, 2.24) is 10.1 Å². The van der Waals surface area contributed by atoms with E-state index in [0.29, 0.717) is 0 Å². The van der Waals surface area contributed by atoms with Crippen LogP contribution in [0.25, 0.3) is 0 Å². The Bertz CT molecular complexity index is 182. The van der Waals surface area contributed by atoms with Crippen LogP contribution in [0.3, 0.4) is 0 Å². The van der Waals surface area contributed by atoms with Crippen molar-refractivity contribution >= 4 is 11.6 Å². The molecular formula is C3HClF2N2O. The fraction of sp³-hybridized carbons (Fsp3) is 0.333. The zero-order chi connectivity index (χ0) is 6.91. The van der Waals surface area contributed by atoms with E-state index in [9.17, 15) is 8.78 Å². The second-order valence-corrected chi connectivity index (χ2v) is 1.72. The van der Waals surface area contributed by atoms with Crippen LogP contribution in [-0.4, -0.2) is 10.1 Å². The number of aromatic nitrogens is 2. The van der Waals surface area contributed by atoms with E-state index in [-0.39, 0.29) is 0 Å². The Balaban J connectivity index is 2.90. The van der Waals surface area contributed by atoms with Crippen LogP contribution in [0.1, 0.15) is 5.89 Å². The normalized spacial score (nSPS) is 11.9. The van der Waals surface area contributed by atoms with Crippen LogP contribution in [0, 0.1) is 0 Å². The molecule has 0 saturated carbocycles. The van der Waals surface area contributed by atoms with Crippen LogP contribution < -0.4 is 0 Å². The Morgan fingerprint density at radius 1 is 1.67 bits per heavy atom. The maximum atomic E-state index is 11.9.